The Hall–Kier alpha value is -2.37. The van der Waals surface area contributed by atoms with E-state index in [1.165, 1.54) is 0 Å². The van der Waals surface area contributed by atoms with Crippen molar-refractivity contribution in [2.24, 2.45) is 0 Å². The summed E-state index contributed by atoms with van der Waals surface area (Å²) in [5.41, 5.74) is 1.17. The Bertz CT molecular complexity index is 527. The van der Waals surface area contributed by atoms with Gasteiger partial charge >= 0.3 is 0 Å². The highest BCUT2D eigenvalue weighted by molar-refractivity contribution is 5.90. The van der Waals surface area contributed by atoms with Crippen LogP contribution < -0.4 is 5.32 Å². The van der Waals surface area contributed by atoms with Gasteiger partial charge in [0.25, 0.3) is 0 Å². The molecule has 1 amide bonds. The molecule has 104 valence electrons. The second-order valence-electron chi connectivity index (χ2n) is 4.56. The summed E-state index contributed by atoms with van der Waals surface area (Å²) in [6.45, 7) is 1.51. The van der Waals surface area contributed by atoms with Crippen molar-refractivity contribution < 1.29 is 4.79 Å². The van der Waals surface area contributed by atoms with E-state index in [2.05, 4.69) is 11.4 Å². The van der Waals surface area contributed by atoms with Crippen LogP contribution in [0.25, 0.3) is 0 Å². The van der Waals surface area contributed by atoms with E-state index in [4.69, 9.17) is 10.5 Å². The van der Waals surface area contributed by atoms with Crippen LogP contribution in [0.1, 0.15) is 24.8 Å². The SMILES string of the molecule is CN(CCC#N)CCCC(=O)Nc1cccc(C#N)c1. The molecule has 0 unspecified atom stereocenters. The van der Waals surface area contributed by atoms with Crippen LogP contribution in [-0.2, 0) is 4.79 Å². The van der Waals surface area contributed by atoms with Gasteiger partial charge in [-0.2, -0.15) is 10.5 Å². The van der Waals surface area contributed by atoms with Gasteiger partial charge in [-0.05, 0) is 38.2 Å². The zero-order chi connectivity index (χ0) is 14.8. The maximum Gasteiger partial charge on any atom is 0.224 e. The molecule has 5 heteroatoms. The summed E-state index contributed by atoms with van der Waals surface area (Å²) >= 11 is 0. The maximum absolute atomic E-state index is 11.7. The summed E-state index contributed by atoms with van der Waals surface area (Å²) in [7, 11) is 1.94. The molecule has 0 bridgehead atoms. The van der Waals surface area contributed by atoms with Crippen LogP contribution in [0.15, 0.2) is 24.3 Å². The van der Waals surface area contributed by atoms with Gasteiger partial charge in [0.05, 0.1) is 17.7 Å². The van der Waals surface area contributed by atoms with Crippen LogP contribution in [0.3, 0.4) is 0 Å². The van der Waals surface area contributed by atoms with E-state index in [0.717, 1.165) is 19.5 Å². The first-order valence-corrected chi connectivity index (χ1v) is 6.51. The third-order valence-electron chi connectivity index (χ3n) is 2.82. The second kappa shape index (κ2) is 8.68. The molecule has 0 aliphatic rings. The highest BCUT2D eigenvalue weighted by atomic mass is 16.1. The standard InChI is InChI=1S/C15H18N4O/c1-19(10-4-8-16)9-3-7-15(20)18-14-6-2-5-13(11-14)12-17/h2,5-6,11H,3-4,7,9-10H2,1H3,(H,18,20). The molecule has 5 nitrogen and oxygen atoms in total. The van der Waals surface area contributed by atoms with Gasteiger partial charge in [-0.25, -0.2) is 0 Å². The number of carbonyl (C=O) groups is 1. The number of nitriles is 2. The predicted octanol–water partition coefficient (Wildman–Crippen LogP) is 2.12. The van der Waals surface area contributed by atoms with Crippen LogP contribution >= 0.6 is 0 Å². The average molecular weight is 270 g/mol. The minimum atomic E-state index is -0.0613. The van der Waals surface area contributed by atoms with E-state index >= 15 is 0 Å². The number of anilines is 1. The molecule has 1 aromatic carbocycles. The van der Waals surface area contributed by atoms with Crippen LogP contribution in [0.4, 0.5) is 5.69 Å². The molecule has 0 fully saturated rings. The Kier molecular flexibility index (Phi) is 6.81. The third-order valence-corrected chi connectivity index (χ3v) is 2.82. The largest absolute Gasteiger partial charge is 0.326 e. The smallest absolute Gasteiger partial charge is 0.224 e. The minimum absolute atomic E-state index is 0.0613. The number of nitrogens with one attached hydrogen (secondary N) is 1. The Labute approximate surface area is 119 Å². The van der Waals surface area contributed by atoms with E-state index in [-0.39, 0.29) is 5.91 Å². The number of amides is 1. The number of hydrogen-bond donors (Lipinski definition) is 1. The fourth-order valence-electron chi connectivity index (χ4n) is 1.75. The number of benzene rings is 1. The number of carbonyl (C=O) groups excluding carboxylic acids is 1. The predicted molar refractivity (Wildman–Crippen MR) is 76.7 cm³/mol. The Morgan fingerprint density at radius 1 is 1.35 bits per heavy atom. The molecule has 0 spiro atoms. The van der Waals surface area contributed by atoms with E-state index < -0.39 is 0 Å². The molecule has 1 N–H and O–H groups in total. The van der Waals surface area contributed by atoms with Gasteiger partial charge in [-0.3, -0.25) is 4.79 Å². The molecule has 1 aromatic rings. The molecular formula is C15H18N4O. The molecule has 0 aromatic heterocycles. The highest BCUT2D eigenvalue weighted by Crippen LogP contribution is 2.10. The lowest BCUT2D eigenvalue weighted by atomic mass is 10.2. The third kappa shape index (κ3) is 5.99. The summed E-state index contributed by atoms with van der Waals surface area (Å²) in [5.74, 6) is -0.0613. The molecule has 0 saturated carbocycles. The lowest BCUT2D eigenvalue weighted by molar-refractivity contribution is -0.116. The van der Waals surface area contributed by atoms with Gasteiger partial charge in [0.1, 0.15) is 0 Å². The van der Waals surface area contributed by atoms with Gasteiger partial charge in [-0.1, -0.05) is 6.07 Å². The normalized spacial score (nSPS) is 9.80. The van der Waals surface area contributed by atoms with Crippen molar-refractivity contribution in [2.75, 3.05) is 25.5 Å². The van der Waals surface area contributed by atoms with Gasteiger partial charge < -0.3 is 10.2 Å². The second-order valence-corrected chi connectivity index (χ2v) is 4.56. The average Bonchev–Trinajstić information content (AvgIpc) is 2.45. The van der Waals surface area contributed by atoms with Crippen molar-refractivity contribution in [3.05, 3.63) is 29.8 Å². The Balaban J connectivity index is 2.30. The highest BCUT2D eigenvalue weighted by Gasteiger charge is 2.04. The fraction of sp³-hybridized carbons (Fsp3) is 0.400. The van der Waals surface area contributed by atoms with Crippen LogP contribution in [0, 0.1) is 22.7 Å². The van der Waals surface area contributed by atoms with E-state index in [1.807, 2.05) is 18.0 Å². The molecular weight excluding hydrogens is 252 g/mol. The molecule has 0 heterocycles. The molecule has 0 aliphatic carbocycles. The van der Waals surface area contributed by atoms with Crippen molar-refractivity contribution in [1.29, 1.82) is 10.5 Å². The van der Waals surface area contributed by atoms with Gasteiger partial charge in [0.15, 0.2) is 0 Å². The van der Waals surface area contributed by atoms with Crippen molar-refractivity contribution in [3.63, 3.8) is 0 Å². The Morgan fingerprint density at radius 3 is 2.85 bits per heavy atom. The molecule has 0 radical (unpaired) electrons. The maximum atomic E-state index is 11.7. The van der Waals surface area contributed by atoms with E-state index in [9.17, 15) is 4.79 Å². The number of hydrogen-bond acceptors (Lipinski definition) is 4. The number of nitrogens with zero attached hydrogens (tertiary/aromatic N) is 3. The van der Waals surface area contributed by atoms with Crippen LogP contribution in [-0.4, -0.2) is 30.9 Å². The van der Waals surface area contributed by atoms with Crippen molar-refractivity contribution >= 4 is 11.6 Å². The van der Waals surface area contributed by atoms with Gasteiger partial charge in [0.2, 0.25) is 5.91 Å². The fourth-order valence-corrected chi connectivity index (χ4v) is 1.75. The topological polar surface area (TPSA) is 79.9 Å². The first kappa shape index (κ1) is 15.7. The zero-order valence-electron chi connectivity index (χ0n) is 11.6. The lowest BCUT2D eigenvalue weighted by Crippen LogP contribution is -2.22. The van der Waals surface area contributed by atoms with Crippen molar-refractivity contribution in [3.8, 4) is 12.1 Å². The van der Waals surface area contributed by atoms with Gasteiger partial charge in [0, 0.05) is 25.1 Å². The molecule has 1 rings (SSSR count). The Morgan fingerprint density at radius 2 is 2.15 bits per heavy atom. The summed E-state index contributed by atoms with van der Waals surface area (Å²) in [4.78, 5) is 13.8. The van der Waals surface area contributed by atoms with Crippen molar-refractivity contribution in [1.82, 2.24) is 4.90 Å². The zero-order valence-corrected chi connectivity index (χ0v) is 11.6. The summed E-state index contributed by atoms with van der Waals surface area (Å²) in [5, 5.41) is 20.0. The summed E-state index contributed by atoms with van der Waals surface area (Å²) in [6, 6.07) is 11.0. The lowest BCUT2D eigenvalue weighted by Gasteiger charge is -2.14. The monoisotopic (exact) mass is 270 g/mol. The molecule has 0 saturated heterocycles. The first-order valence-electron chi connectivity index (χ1n) is 6.51. The van der Waals surface area contributed by atoms with E-state index in [0.29, 0.717) is 24.1 Å². The quantitative estimate of drug-likeness (QED) is 0.823. The van der Waals surface area contributed by atoms with Gasteiger partial charge in [-0.15, -0.1) is 0 Å². The molecule has 0 aliphatic heterocycles. The minimum Gasteiger partial charge on any atom is -0.326 e. The van der Waals surface area contributed by atoms with Crippen LogP contribution in [0.5, 0.6) is 0 Å². The molecule has 0 atom stereocenters. The van der Waals surface area contributed by atoms with Crippen molar-refractivity contribution in [2.45, 2.75) is 19.3 Å². The summed E-state index contributed by atoms with van der Waals surface area (Å²) in [6.07, 6.45) is 1.67. The first-order chi connectivity index (χ1) is 9.65. The summed E-state index contributed by atoms with van der Waals surface area (Å²) < 4.78 is 0. The number of rotatable bonds is 7. The van der Waals surface area contributed by atoms with E-state index in [1.54, 1.807) is 24.3 Å². The van der Waals surface area contributed by atoms with Crippen LogP contribution in [0.2, 0.25) is 0 Å². The molecule has 20 heavy (non-hydrogen) atoms.